The maximum atomic E-state index is 13.3. The Bertz CT molecular complexity index is 564. The molecule has 0 bridgehead atoms. The molecule has 0 amide bonds. The number of hydrogen-bond acceptors (Lipinski definition) is 3. The van der Waals surface area contributed by atoms with E-state index in [-0.39, 0.29) is 5.82 Å². The van der Waals surface area contributed by atoms with Crippen molar-refractivity contribution in [1.29, 1.82) is 0 Å². The molecule has 1 aliphatic rings. The van der Waals surface area contributed by atoms with Gasteiger partial charge in [-0.2, -0.15) is 0 Å². The average molecular weight is 246 g/mol. The van der Waals surface area contributed by atoms with E-state index in [2.05, 4.69) is 14.8 Å². The highest BCUT2D eigenvalue weighted by Crippen LogP contribution is 2.25. The first kappa shape index (κ1) is 11.3. The van der Waals surface area contributed by atoms with Crippen molar-refractivity contribution in [3.05, 3.63) is 35.9 Å². The van der Waals surface area contributed by atoms with Gasteiger partial charge < -0.3 is 10.3 Å². The summed E-state index contributed by atoms with van der Waals surface area (Å²) in [5, 5.41) is 8.36. The van der Waals surface area contributed by atoms with Crippen LogP contribution < -0.4 is 5.73 Å². The molecule has 1 aromatic carbocycles. The third kappa shape index (κ3) is 1.90. The smallest absolute Gasteiger partial charge is 0.164 e. The van der Waals surface area contributed by atoms with E-state index in [0.29, 0.717) is 12.5 Å². The van der Waals surface area contributed by atoms with Crippen molar-refractivity contribution in [2.45, 2.75) is 19.4 Å². The number of halogens is 1. The summed E-state index contributed by atoms with van der Waals surface area (Å²) in [6.07, 6.45) is 1.95. The Balaban J connectivity index is 2.02. The van der Waals surface area contributed by atoms with E-state index < -0.39 is 0 Å². The Kier molecular flexibility index (Phi) is 2.83. The predicted molar refractivity (Wildman–Crippen MR) is 66.3 cm³/mol. The molecule has 94 valence electrons. The lowest BCUT2D eigenvalue weighted by Gasteiger charge is -2.22. The third-order valence-corrected chi connectivity index (χ3v) is 3.46. The van der Waals surface area contributed by atoms with Gasteiger partial charge in [-0.3, -0.25) is 0 Å². The van der Waals surface area contributed by atoms with E-state index in [1.807, 2.05) is 6.07 Å². The van der Waals surface area contributed by atoms with Crippen molar-refractivity contribution in [3.8, 4) is 11.4 Å². The largest absolute Gasteiger partial charge is 0.330 e. The molecule has 4 nitrogen and oxygen atoms in total. The monoisotopic (exact) mass is 246 g/mol. The maximum absolute atomic E-state index is 13.3. The van der Waals surface area contributed by atoms with Gasteiger partial charge in [-0.1, -0.05) is 12.1 Å². The van der Waals surface area contributed by atoms with E-state index in [1.54, 1.807) is 6.07 Å². The fraction of sp³-hybridized carbons (Fsp3) is 0.385. The Morgan fingerprint density at radius 3 is 3.06 bits per heavy atom. The summed E-state index contributed by atoms with van der Waals surface area (Å²) < 4.78 is 15.3. The summed E-state index contributed by atoms with van der Waals surface area (Å²) in [4.78, 5) is 0. The van der Waals surface area contributed by atoms with Crippen molar-refractivity contribution >= 4 is 0 Å². The highest BCUT2D eigenvalue weighted by molar-refractivity contribution is 5.55. The average Bonchev–Trinajstić information content (AvgIpc) is 2.81. The minimum atomic E-state index is -0.254. The first-order chi connectivity index (χ1) is 8.78. The van der Waals surface area contributed by atoms with Crippen LogP contribution in [0, 0.1) is 11.7 Å². The lowest BCUT2D eigenvalue weighted by atomic mass is 9.99. The van der Waals surface area contributed by atoms with E-state index in [9.17, 15) is 4.39 Å². The van der Waals surface area contributed by atoms with Gasteiger partial charge in [0.25, 0.3) is 0 Å². The first-order valence-electron chi connectivity index (χ1n) is 6.16. The summed E-state index contributed by atoms with van der Waals surface area (Å²) >= 11 is 0. The molecular weight excluding hydrogens is 231 g/mol. The second-order valence-electron chi connectivity index (χ2n) is 4.70. The summed E-state index contributed by atoms with van der Waals surface area (Å²) in [5.41, 5.74) is 6.50. The van der Waals surface area contributed by atoms with Crippen LogP contribution in [0.1, 0.15) is 12.2 Å². The quantitative estimate of drug-likeness (QED) is 0.875. The maximum Gasteiger partial charge on any atom is 0.164 e. The highest BCUT2D eigenvalue weighted by atomic mass is 19.1. The zero-order valence-corrected chi connectivity index (χ0v) is 10.0. The van der Waals surface area contributed by atoms with E-state index in [4.69, 9.17) is 5.73 Å². The van der Waals surface area contributed by atoms with Crippen LogP contribution in [0.25, 0.3) is 11.4 Å². The molecule has 18 heavy (non-hydrogen) atoms. The number of nitrogens with two attached hydrogens (primary N) is 1. The minimum absolute atomic E-state index is 0.254. The number of rotatable bonds is 2. The molecule has 0 radical (unpaired) electrons. The van der Waals surface area contributed by atoms with E-state index >= 15 is 0 Å². The van der Waals surface area contributed by atoms with Crippen LogP contribution in [0.3, 0.4) is 0 Å². The van der Waals surface area contributed by atoms with Crippen LogP contribution in [0.4, 0.5) is 4.39 Å². The molecular formula is C13H15FN4. The normalized spacial score (nSPS) is 18.7. The second-order valence-corrected chi connectivity index (χ2v) is 4.70. The number of aryl methyl sites for hydroxylation is 1. The van der Waals surface area contributed by atoms with Crippen LogP contribution in [0.5, 0.6) is 0 Å². The molecule has 0 aliphatic carbocycles. The molecule has 1 atom stereocenters. The van der Waals surface area contributed by atoms with Crippen molar-refractivity contribution in [1.82, 2.24) is 14.8 Å². The molecule has 2 heterocycles. The van der Waals surface area contributed by atoms with Gasteiger partial charge in [-0.15, -0.1) is 10.2 Å². The lowest BCUT2D eigenvalue weighted by Crippen LogP contribution is -2.26. The molecule has 2 aromatic rings. The van der Waals surface area contributed by atoms with Crippen LogP contribution in [-0.2, 0) is 13.0 Å². The lowest BCUT2D eigenvalue weighted by molar-refractivity contribution is 0.375. The fourth-order valence-corrected chi connectivity index (χ4v) is 2.43. The van der Waals surface area contributed by atoms with E-state index in [0.717, 1.165) is 36.6 Å². The Morgan fingerprint density at radius 2 is 2.28 bits per heavy atom. The van der Waals surface area contributed by atoms with Crippen molar-refractivity contribution < 1.29 is 4.39 Å². The summed E-state index contributed by atoms with van der Waals surface area (Å²) in [6, 6.07) is 6.46. The number of fused-ring (bicyclic) bond motifs is 1. The third-order valence-electron chi connectivity index (χ3n) is 3.46. The zero-order valence-electron chi connectivity index (χ0n) is 10.0. The molecule has 0 saturated heterocycles. The van der Waals surface area contributed by atoms with Crippen LogP contribution in [0.15, 0.2) is 24.3 Å². The van der Waals surface area contributed by atoms with Crippen molar-refractivity contribution in [2.24, 2.45) is 11.7 Å². The molecule has 5 heteroatoms. The molecule has 3 rings (SSSR count). The Hall–Kier alpha value is -1.75. The molecule has 0 saturated carbocycles. The van der Waals surface area contributed by atoms with Crippen LogP contribution in [-0.4, -0.2) is 21.3 Å². The standard InChI is InChI=1S/C13H15FN4/c14-11-3-1-2-10(6-11)13-17-16-12-5-4-9(7-15)8-18(12)13/h1-3,6,9H,4-5,7-8,15H2. The van der Waals surface area contributed by atoms with Crippen molar-refractivity contribution in [3.63, 3.8) is 0 Å². The van der Waals surface area contributed by atoms with E-state index in [1.165, 1.54) is 12.1 Å². The number of benzene rings is 1. The second kappa shape index (κ2) is 4.49. The Labute approximate surface area is 105 Å². The molecule has 1 unspecified atom stereocenters. The minimum Gasteiger partial charge on any atom is -0.330 e. The first-order valence-corrected chi connectivity index (χ1v) is 6.16. The van der Waals surface area contributed by atoms with Gasteiger partial charge >= 0.3 is 0 Å². The molecule has 0 spiro atoms. The van der Waals surface area contributed by atoms with Crippen LogP contribution in [0.2, 0.25) is 0 Å². The fourth-order valence-electron chi connectivity index (χ4n) is 2.43. The predicted octanol–water partition coefficient (Wildman–Crippen LogP) is 1.61. The van der Waals surface area contributed by atoms with Gasteiger partial charge in [-0.05, 0) is 31.0 Å². The molecule has 1 aliphatic heterocycles. The van der Waals surface area contributed by atoms with Crippen molar-refractivity contribution in [2.75, 3.05) is 6.54 Å². The number of aromatic nitrogens is 3. The molecule has 1 aromatic heterocycles. The summed E-state index contributed by atoms with van der Waals surface area (Å²) in [6.45, 7) is 1.49. The Morgan fingerprint density at radius 1 is 1.39 bits per heavy atom. The van der Waals surface area contributed by atoms with Gasteiger partial charge in [0.1, 0.15) is 11.6 Å². The van der Waals surface area contributed by atoms with Gasteiger partial charge in [0.2, 0.25) is 0 Å². The zero-order chi connectivity index (χ0) is 12.5. The van der Waals surface area contributed by atoms with Gasteiger partial charge in [0.15, 0.2) is 5.82 Å². The topological polar surface area (TPSA) is 56.7 Å². The molecule has 0 fully saturated rings. The summed E-state index contributed by atoms with van der Waals surface area (Å²) in [7, 11) is 0. The highest BCUT2D eigenvalue weighted by Gasteiger charge is 2.22. The van der Waals surface area contributed by atoms with Gasteiger partial charge in [0.05, 0.1) is 0 Å². The SMILES string of the molecule is NCC1CCc2nnc(-c3cccc(F)c3)n2C1. The van der Waals surface area contributed by atoms with Crippen LogP contribution >= 0.6 is 0 Å². The molecule has 2 N–H and O–H groups in total. The number of nitrogens with zero attached hydrogens (tertiary/aromatic N) is 3. The van der Waals surface area contributed by atoms with Gasteiger partial charge in [-0.25, -0.2) is 4.39 Å². The number of hydrogen-bond donors (Lipinski definition) is 1. The summed E-state index contributed by atoms with van der Waals surface area (Å²) in [5.74, 6) is 1.92. The van der Waals surface area contributed by atoms with Gasteiger partial charge in [0, 0.05) is 18.5 Å².